The van der Waals surface area contributed by atoms with Crippen LogP contribution in [0.2, 0.25) is 0 Å². The van der Waals surface area contributed by atoms with Crippen LogP contribution in [0.4, 0.5) is 10.7 Å². The van der Waals surface area contributed by atoms with Crippen molar-refractivity contribution in [1.82, 2.24) is 30.0 Å². The standard InChI is InChI=1S/C17H17N7O2S/c1-24-9-10(7-20-24)11-3-4-12(26-2)15-14(11)21-16(22-15)23-17(25)19-8-13-18-5-6-27-13/h3-7,9H,8H2,1-2H3,(H3,19,21,22,23,25). The smallest absolute Gasteiger partial charge is 0.321 e. The van der Waals surface area contributed by atoms with E-state index < -0.39 is 0 Å². The summed E-state index contributed by atoms with van der Waals surface area (Å²) in [6.07, 6.45) is 5.37. The Labute approximate surface area is 158 Å². The number of urea groups is 1. The van der Waals surface area contributed by atoms with Crippen molar-refractivity contribution in [2.75, 3.05) is 12.4 Å². The molecule has 4 rings (SSSR count). The number of carbonyl (C=O) groups is 1. The number of nitrogens with one attached hydrogen (secondary N) is 3. The highest BCUT2D eigenvalue weighted by Crippen LogP contribution is 2.33. The number of nitrogens with zero attached hydrogens (tertiary/aromatic N) is 4. The molecule has 3 N–H and O–H groups in total. The molecule has 10 heteroatoms. The lowest BCUT2D eigenvalue weighted by Gasteiger charge is -2.04. The van der Waals surface area contributed by atoms with Gasteiger partial charge in [-0.2, -0.15) is 5.10 Å². The summed E-state index contributed by atoms with van der Waals surface area (Å²) in [4.78, 5) is 23.9. The average Bonchev–Trinajstić information content (AvgIpc) is 3.39. The van der Waals surface area contributed by atoms with Crippen molar-refractivity contribution in [3.8, 4) is 16.9 Å². The van der Waals surface area contributed by atoms with Gasteiger partial charge in [-0.1, -0.05) is 0 Å². The quantitative estimate of drug-likeness (QED) is 0.491. The van der Waals surface area contributed by atoms with E-state index in [0.29, 0.717) is 29.3 Å². The molecule has 9 nitrogen and oxygen atoms in total. The summed E-state index contributed by atoms with van der Waals surface area (Å²) < 4.78 is 7.14. The number of anilines is 1. The number of ether oxygens (including phenoxy) is 1. The zero-order valence-electron chi connectivity index (χ0n) is 14.7. The summed E-state index contributed by atoms with van der Waals surface area (Å²) in [5.41, 5.74) is 3.22. The number of amides is 2. The lowest BCUT2D eigenvalue weighted by molar-refractivity contribution is 0.251. The highest BCUT2D eigenvalue weighted by molar-refractivity contribution is 7.09. The van der Waals surface area contributed by atoms with Crippen LogP contribution in [0.5, 0.6) is 5.75 Å². The monoisotopic (exact) mass is 383 g/mol. The molecular weight excluding hydrogens is 366 g/mol. The van der Waals surface area contributed by atoms with Gasteiger partial charge in [0.2, 0.25) is 5.95 Å². The Balaban J connectivity index is 1.61. The van der Waals surface area contributed by atoms with E-state index in [0.717, 1.165) is 16.1 Å². The molecule has 0 aliphatic heterocycles. The molecule has 1 aromatic carbocycles. The largest absolute Gasteiger partial charge is 0.494 e. The van der Waals surface area contributed by atoms with Gasteiger partial charge < -0.3 is 15.0 Å². The van der Waals surface area contributed by atoms with Gasteiger partial charge in [-0.3, -0.25) is 10.00 Å². The maximum atomic E-state index is 12.1. The topological polar surface area (TPSA) is 110 Å². The molecule has 0 saturated carbocycles. The molecule has 0 unspecified atom stereocenters. The van der Waals surface area contributed by atoms with Crippen molar-refractivity contribution in [2.24, 2.45) is 7.05 Å². The third-order valence-corrected chi connectivity index (χ3v) is 4.74. The highest BCUT2D eigenvalue weighted by Gasteiger charge is 2.15. The molecule has 0 spiro atoms. The minimum absolute atomic E-state index is 0.330. The first kappa shape index (κ1) is 17.0. The molecular formula is C17H17N7O2S. The minimum atomic E-state index is -0.369. The second-order valence-electron chi connectivity index (χ2n) is 5.76. The molecule has 27 heavy (non-hydrogen) atoms. The number of hydrogen-bond acceptors (Lipinski definition) is 6. The average molecular weight is 383 g/mol. The molecule has 3 heterocycles. The Bertz CT molecular complexity index is 1080. The van der Waals surface area contributed by atoms with E-state index in [2.05, 4.69) is 30.7 Å². The van der Waals surface area contributed by atoms with Crippen LogP contribution in [0, 0.1) is 0 Å². The zero-order valence-corrected chi connectivity index (χ0v) is 15.5. The van der Waals surface area contributed by atoms with Gasteiger partial charge in [0.05, 0.1) is 19.9 Å². The van der Waals surface area contributed by atoms with Gasteiger partial charge >= 0.3 is 6.03 Å². The number of hydrogen-bond donors (Lipinski definition) is 3. The number of fused-ring (bicyclic) bond motifs is 1. The fourth-order valence-corrected chi connectivity index (χ4v) is 3.29. The van der Waals surface area contributed by atoms with Crippen LogP contribution >= 0.6 is 11.3 Å². The fourth-order valence-electron chi connectivity index (χ4n) is 2.74. The van der Waals surface area contributed by atoms with Crippen molar-refractivity contribution in [1.29, 1.82) is 0 Å². The predicted octanol–water partition coefficient (Wildman–Crippen LogP) is 2.75. The molecule has 2 amide bonds. The molecule has 0 bridgehead atoms. The molecule has 4 aromatic rings. The number of aryl methyl sites for hydroxylation is 1. The van der Waals surface area contributed by atoms with E-state index in [1.54, 1.807) is 24.2 Å². The summed E-state index contributed by atoms with van der Waals surface area (Å²) in [6.45, 7) is 0.355. The van der Waals surface area contributed by atoms with Gasteiger partial charge in [0, 0.05) is 35.9 Å². The van der Waals surface area contributed by atoms with Gasteiger partial charge in [0.25, 0.3) is 0 Å². The van der Waals surface area contributed by atoms with Crippen LogP contribution in [0.3, 0.4) is 0 Å². The van der Waals surface area contributed by atoms with Crippen LogP contribution in [-0.4, -0.2) is 37.9 Å². The van der Waals surface area contributed by atoms with Gasteiger partial charge in [0.1, 0.15) is 21.8 Å². The molecule has 0 saturated heterocycles. The molecule has 0 radical (unpaired) electrons. The Morgan fingerprint density at radius 2 is 2.30 bits per heavy atom. The number of aromatic nitrogens is 5. The Morgan fingerprint density at radius 3 is 3.00 bits per heavy atom. The first-order chi connectivity index (χ1) is 13.1. The minimum Gasteiger partial charge on any atom is -0.494 e. The van der Waals surface area contributed by atoms with E-state index in [1.165, 1.54) is 11.3 Å². The van der Waals surface area contributed by atoms with Crippen LogP contribution in [-0.2, 0) is 13.6 Å². The Hall–Kier alpha value is -3.40. The van der Waals surface area contributed by atoms with Crippen molar-refractivity contribution >= 4 is 34.3 Å². The molecule has 3 aromatic heterocycles. The van der Waals surface area contributed by atoms with Crippen molar-refractivity contribution in [3.63, 3.8) is 0 Å². The van der Waals surface area contributed by atoms with Crippen molar-refractivity contribution in [3.05, 3.63) is 41.1 Å². The molecule has 0 fully saturated rings. The second kappa shape index (κ2) is 7.08. The van der Waals surface area contributed by atoms with Gasteiger partial charge in [0.15, 0.2) is 0 Å². The number of carbonyl (C=O) groups excluding carboxylic acids is 1. The van der Waals surface area contributed by atoms with Crippen LogP contribution < -0.4 is 15.4 Å². The maximum Gasteiger partial charge on any atom is 0.321 e. The Morgan fingerprint density at radius 1 is 1.41 bits per heavy atom. The van der Waals surface area contributed by atoms with Gasteiger partial charge in [-0.15, -0.1) is 11.3 Å². The lowest BCUT2D eigenvalue weighted by atomic mass is 10.1. The molecule has 0 aliphatic carbocycles. The summed E-state index contributed by atoms with van der Waals surface area (Å²) in [7, 11) is 3.45. The SMILES string of the molecule is COc1ccc(-c2cnn(C)c2)c2nc(NC(=O)NCc3nccs3)[nH]c12. The predicted molar refractivity (Wildman–Crippen MR) is 103 cm³/mol. The first-order valence-electron chi connectivity index (χ1n) is 8.13. The number of H-pyrrole nitrogens is 1. The van der Waals surface area contributed by atoms with E-state index >= 15 is 0 Å². The van der Waals surface area contributed by atoms with E-state index in [9.17, 15) is 4.79 Å². The number of rotatable bonds is 5. The molecule has 0 aliphatic rings. The summed E-state index contributed by atoms with van der Waals surface area (Å²) in [5.74, 6) is 0.970. The third kappa shape index (κ3) is 3.47. The lowest BCUT2D eigenvalue weighted by Crippen LogP contribution is -2.28. The summed E-state index contributed by atoms with van der Waals surface area (Å²) >= 11 is 1.48. The summed E-state index contributed by atoms with van der Waals surface area (Å²) in [5, 5.41) is 12.4. The van der Waals surface area contributed by atoms with Crippen LogP contribution in [0.25, 0.3) is 22.2 Å². The van der Waals surface area contributed by atoms with Gasteiger partial charge in [-0.25, -0.2) is 14.8 Å². The number of thiazole rings is 1. The van der Waals surface area contributed by atoms with E-state index in [4.69, 9.17) is 4.74 Å². The van der Waals surface area contributed by atoms with Crippen molar-refractivity contribution in [2.45, 2.75) is 6.54 Å². The number of benzene rings is 1. The normalized spacial score (nSPS) is 10.9. The fraction of sp³-hybridized carbons (Fsp3) is 0.176. The number of methoxy groups -OCH3 is 1. The van der Waals surface area contributed by atoms with E-state index in [1.807, 2.05) is 30.8 Å². The van der Waals surface area contributed by atoms with Crippen LogP contribution in [0.15, 0.2) is 36.1 Å². The first-order valence-corrected chi connectivity index (χ1v) is 9.01. The second-order valence-corrected chi connectivity index (χ2v) is 6.74. The maximum absolute atomic E-state index is 12.1. The molecule has 0 atom stereocenters. The van der Waals surface area contributed by atoms with Crippen LogP contribution in [0.1, 0.15) is 5.01 Å². The van der Waals surface area contributed by atoms with Gasteiger partial charge in [-0.05, 0) is 12.1 Å². The van der Waals surface area contributed by atoms with E-state index in [-0.39, 0.29) is 6.03 Å². The third-order valence-electron chi connectivity index (χ3n) is 3.96. The zero-order chi connectivity index (χ0) is 18.8. The van der Waals surface area contributed by atoms with Crippen molar-refractivity contribution < 1.29 is 9.53 Å². The Kier molecular flexibility index (Phi) is 4.47. The summed E-state index contributed by atoms with van der Waals surface area (Å²) in [6, 6.07) is 3.41. The molecule has 138 valence electrons. The number of imidazole rings is 1. The number of aromatic amines is 1. The highest BCUT2D eigenvalue weighted by atomic mass is 32.1.